The van der Waals surface area contributed by atoms with Crippen LogP contribution in [0, 0.1) is 0 Å². The predicted octanol–water partition coefficient (Wildman–Crippen LogP) is 5.34. The zero-order valence-corrected chi connectivity index (χ0v) is 22.3. The highest BCUT2D eigenvalue weighted by Gasteiger charge is 2.47. The van der Waals surface area contributed by atoms with Crippen LogP contribution in [-0.4, -0.2) is 35.9 Å². The molecule has 2 N–H and O–H groups in total. The minimum Gasteiger partial charge on any atom is -0.507 e. The first-order valence-electron chi connectivity index (χ1n) is 12.7. The number of amides is 2. The van der Waals surface area contributed by atoms with Gasteiger partial charge in [0.05, 0.1) is 11.6 Å². The molecule has 2 aliphatic heterocycles. The zero-order chi connectivity index (χ0) is 27.9. The number of ether oxygens (including phenoxy) is 2. The van der Waals surface area contributed by atoms with Crippen LogP contribution in [0.5, 0.6) is 11.5 Å². The highest BCUT2D eigenvalue weighted by atomic mass is 16.6. The Morgan fingerprint density at radius 3 is 2.31 bits per heavy atom. The van der Waals surface area contributed by atoms with Crippen LogP contribution >= 0.6 is 0 Å². The molecule has 3 aromatic carbocycles. The molecule has 1 saturated heterocycles. The van der Waals surface area contributed by atoms with Crippen molar-refractivity contribution in [2.75, 3.05) is 23.4 Å². The third-order valence-corrected chi connectivity index (χ3v) is 6.80. The summed E-state index contributed by atoms with van der Waals surface area (Å²) in [4.78, 5) is 40.1. The van der Waals surface area contributed by atoms with Gasteiger partial charge in [-0.05, 0) is 52.9 Å². The molecule has 0 saturated carbocycles. The molecular weight excluding hydrogens is 496 g/mol. The van der Waals surface area contributed by atoms with E-state index in [0.717, 1.165) is 5.56 Å². The molecule has 8 nitrogen and oxygen atoms in total. The molecule has 0 radical (unpaired) electrons. The molecule has 200 valence electrons. The summed E-state index contributed by atoms with van der Waals surface area (Å²) in [6, 6.07) is 18.4. The van der Waals surface area contributed by atoms with Gasteiger partial charge in [-0.15, -0.1) is 0 Å². The zero-order valence-electron chi connectivity index (χ0n) is 22.3. The number of nitrogens with one attached hydrogen (secondary N) is 1. The summed E-state index contributed by atoms with van der Waals surface area (Å²) >= 11 is 0. The van der Waals surface area contributed by atoms with Gasteiger partial charge in [0.2, 0.25) is 5.91 Å². The number of ketones is 1. The van der Waals surface area contributed by atoms with Crippen molar-refractivity contribution in [3.63, 3.8) is 0 Å². The number of rotatable bonds is 4. The molecule has 0 aromatic heterocycles. The van der Waals surface area contributed by atoms with E-state index in [9.17, 15) is 19.5 Å². The fourth-order valence-corrected chi connectivity index (χ4v) is 4.86. The van der Waals surface area contributed by atoms with E-state index < -0.39 is 17.7 Å². The summed E-state index contributed by atoms with van der Waals surface area (Å²) in [7, 11) is 0. The quantitative estimate of drug-likeness (QED) is 0.270. The second-order valence-corrected chi connectivity index (χ2v) is 10.6. The van der Waals surface area contributed by atoms with Crippen LogP contribution < -0.4 is 19.7 Å². The molecule has 1 atom stereocenters. The van der Waals surface area contributed by atoms with Gasteiger partial charge in [0.25, 0.3) is 11.7 Å². The average molecular weight is 527 g/mol. The summed E-state index contributed by atoms with van der Waals surface area (Å²) in [6.45, 7) is 8.48. The molecule has 8 heteroatoms. The number of aliphatic hydroxyl groups is 1. The summed E-state index contributed by atoms with van der Waals surface area (Å²) < 4.78 is 11.2. The highest BCUT2D eigenvalue weighted by molar-refractivity contribution is 6.51. The van der Waals surface area contributed by atoms with Crippen molar-refractivity contribution < 1.29 is 29.0 Å². The van der Waals surface area contributed by atoms with Gasteiger partial charge in [0.1, 0.15) is 19.0 Å². The third-order valence-electron chi connectivity index (χ3n) is 6.80. The lowest BCUT2D eigenvalue weighted by Crippen LogP contribution is -2.29. The molecule has 0 bridgehead atoms. The molecule has 39 heavy (non-hydrogen) atoms. The van der Waals surface area contributed by atoms with Gasteiger partial charge in [-0.2, -0.15) is 0 Å². The number of hydrogen-bond acceptors (Lipinski definition) is 6. The van der Waals surface area contributed by atoms with Crippen LogP contribution in [0.15, 0.2) is 72.3 Å². The second kappa shape index (κ2) is 9.94. The molecule has 2 aliphatic rings. The van der Waals surface area contributed by atoms with E-state index in [1.807, 2.05) is 24.3 Å². The third kappa shape index (κ3) is 4.97. The lowest BCUT2D eigenvalue weighted by Gasteiger charge is -2.27. The maximum absolute atomic E-state index is 13.5. The number of fused-ring (bicyclic) bond motifs is 1. The van der Waals surface area contributed by atoms with Gasteiger partial charge in [-0.25, -0.2) is 0 Å². The fourth-order valence-electron chi connectivity index (χ4n) is 4.86. The fraction of sp³-hybridized carbons (Fsp3) is 0.258. The minimum absolute atomic E-state index is 0.0369. The molecular formula is C31H30N2O6. The number of aliphatic hydroxyl groups excluding tert-OH is 1. The van der Waals surface area contributed by atoms with E-state index in [2.05, 4.69) is 26.1 Å². The number of nitrogens with zero attached hydrogens (tertiary/aromatic N) is 1. The summed E-state index contributed by atoms with van der Waals surface area (Å²) in [6.07, 6.45) is 0. The van der Waals surface area contributed by atoms with E-state index in [1.165, 1.54) is 11.8 Å². The van der Waals surface area contributed by atoms with Crippen LogP contribution in [0.3, 0.4) is 0 Å². The first kappa shape index (κ1) is 26.0. The standard InChI is InChI=1S/C31H30N2O6/c1-18(34)32-22-6-5-7-23(17-22)33-27(19-8-11-21(12-9-19)31(2,3)4)26(29(36)30(33)37)28(35)20-10-13-24-25(16-20)39-15-14-38-24/h5-13,16-17,27,35H,14-15H2,1-4H3,(H,32,34)/b28-26-. The molecule has 1 unspecified atom stereocenters. The van der Waals surface area contributed by atoms with Crippen LogP contribution in [0.2, 0.25) is 0 Å². The van der Waals surface area contributed by atoms with Crippen molar-refractivity contribution in [2.45, 2.75) is 39.2 Å². The molecule has 1 fully saturated rings. The van der Waals surface area contributed by atoms with E-state index in [0.29, 0.717) is 47.2 Å². The lowest BCUT2D eigenvalue weighted by molar-refractivity contribution is -0.132. The Bertz CT molecular complexity index is 1500. The Balaban J connectivity index is 1.67. The van der Waals surface area contributed by atoms with Crippen molar-refractivity contribution in [1.82, 2.24) is 0 Å². The van der Waals surface area contributed by atoms with E-state index in [-0.39, 0.29) is 22.7 Å². The number of anilines is 2. The number of carbonyl (C=O) groups is 3. The van der Waals surface area contributed by atoms with Gasteiger partial charge < -0.3 is 19.9 Å². The van der Waals surface area contributed by atoms with Gasteiger partial charge in [-0.1, -0.05) is 51.1 Å². The summed E-state index contributed by atoms with van der Waals surface area (Å²) in [5.74, 6) is -1.16. The SMILES string of the molecule is CC(=O)Nc1cccc(N2C(=O)C(=O)/C(=C(\O)c3ccc4c(c3)OCCO4)C2c2ccc(C(C)(C)C)cc2)c1. The monoisotopic (exact) mass is 526 g/mol. The molecule has 3 aromatic rings. The van der Waals surface area contributed by atoms with E-state index >= 15 is 0 Å². The Morgan fingerprint density at radius 2 is 1.64 bits per heavy atom. The summed E-state index contributed by atoms with van der Waals surface area (Å²) in [5.41, 5.74) is 2.84. The normalized spacial score (nSPS) is 18.3. The Morgan fingerprint density at radius 1 is 0.949 bits per heavy atom. The van der Waals surface area contributed by atoms with Crippen LogP contribution in [0.1, 0.15) is 50.4 Å². The van der Waals surface area contributed by atoms with Crippen molar-refractivity contribution in [2.24, 2.45) is 0 Å². The lowest BCUT2D eigenvalue weighted by atomic mass is 9.85. The summed E-state index contributed by atoms with van der Waals surface area (Å²) in [5, 5.41) is 14.2. The molecule has 2 heterocycles. The number of carbonyl (C=O) groups excluding carboxylic acids is 3. The smallest absolute Gasteiger partial charge is 0.300 e. The van der Waals surface area contributed by atoms with Gasteiger partial charge in [0, 0.05) is 23.9 Å². The van der Waals surface area contributed by atoms with Crippen molar-refractivity contribution in [1.29, 1.82) is 0 Å². The van der Waals surface area contributed by atoms with Gasteiger partial charge in [-0.3, -0.25) is 19.3 Å². The second-order valence-electron chi connectivity index (χ2n) is 10.6. The maximum atomic E-state index is 13.5. The van der Waals surface area contributed by atoms with Crippen molar-refractivity contribution >= 4 is 34.7 Å². The highest BCUT2D eigenvalue weighted by Crippen LogP contribution is 2.44. The largest absolute Gasteiger partial charge is 0.507 e. The van der Waals surface area contributed by atoms with Crippen molar-refractivity contribution in [3.05, 3.63) is 89.0 Å². The average Bonchev–Trinajstić information content (AvgIpc) is 3.17. The first-order chi connectivity index (χ1) is 18.5. The Labute approximate surface area is 226 Å². The number of benzene rings is 3. The maximum Gasteiger partial charge on any atom is 0.300 e. The van der Waals surface area contributed by atoms with Gasteiger partial charge in [0.15, 0.2) is 11.5 Å². The molecule has 5 rings (SSSR count). The molecule has 0 spiro atoms. The first-order valence-corrected chi connectivity index (χ1v) is 12.7. The van der Waals surface area contributed by atoms with Gasteiger partial charge >= 0.3 is 0 Å². The Kier molecular flexibility index (Phi) is 6.64. The van der Waals surface area contributed by atoms with Crippen LogP contribution in [0.25, 0.3) is 5.76 Å². The van der Waals surface area contributed by atoms with Crippen molar-refractivity contribution in [3.8, 4) is 11.5 Å². The Hall–Kier alpha value is -4.59. The van der Waals surface area contributed by atoms with E-state index in [4.69, 9.17) is 9.47 Å². The minimum atomic E-state index is -0.903. The van der Waals surface area contributed by atoms with Crippen LogP contribution in [0.4, 0.5) is 11.4 Å². The molecule has 0 aliphatic carbocycles. The number of hydrogen-bond donors (Lipinski definition) is 2. The van der Waals surface area contributed by atoms with Crippen LogP contribution in [-0.2, 0) is 19.8 Å². The topological polar surface area (TPSA) is 105 Å². The predicted molar refractivity (Wildman–Crippen MR) is 148 cm³/mol. The van der Waals surface area contributed by atoms with E-state index in [1.54, 1.807) is 42.5 Å². The number of Topliss-reactive ketones (excluding diaryl/α,β-unsaturated/α-hetero) is 1. The molecule has 2 amide bonds.